The molecular formula is C25H23ClN6OS. The summed E-state index contributed by atoms with van der Waals surface area (Å²) in [5, 5.41) is 19.5. The number of hydrazone groups is 1. The number of hydrogen-bond donors (Lipinski definition) is 2. The van der Waals surface area contributed by atoms with E-state index in [1.165, 1.54) is 23.4 Å². The molecule has 2 N–H and O–H groups in total. The van der Waals surface area contributed by atoms with E-state index in [1.54, 1.807) is 12.1 Å². The first kappa shape index (κ1) is 23.5. The second kappa shape index (κ2) is 11.5. The molecule has 0 aliphatic carbocycles. The Morgan fingerprint density at radius 1 is 1.09 bits per heavy atom. The number of aromatic nitrogens is 3. The van der Waals surface area contributed by atoms with E-state index in [4.69, 9.17) is 11.6 Å². The zero-order valence-corrected chi connectivity index (χ0v) is 19.9. The predicted octanol–water partition coefficient (Wildman–Crippen LogP) is 5.13. The van der Waals surface area contributed by atoms with Gasteiger partial charge in [0.25, 0.3) is 5.91 Å². The lowest BCUT2D eigenvalue weighted by Crippen LogP contribution is -2.20. The fourth-order valence-corrected chi connectivity index (χ4v) is 4.28. The highest BCUT2D eigenvalue weighted by molar-refractivity contribution is 7.99. The molecule has 0 saturated carbocycles. The van der Waals surface area contributed by atoms with Crippen LogP contribution in [0.25, 0.3) is 10.8 Å². The van der Waals surface area contributed by atoms with E-state index in [0.717, 1.165) is 22.5 Å². The maximum absolute atomic E-state index is 12.2. The van der Waals surface area contributed by atoms with Crippen LogP contribution < -0.4 is 10.7 Å². The Morgan fingerprint density at radius 2 is 1.88 bits per heavy atom. The first-order chi connectivity index (χ1) is 16.7. The van der Waals surface area contributed by atoms with Crippen molar-refractivity contribution in [2.45, 2.75) is 18.2 Å². The predicted molar refractivity (Wildman–Crippen MR) is 139 cm³/mol. The molecule has 0 fully saturated rings. The van der Waals surface area contributed by atoms with Gasteiger partial charge in [0.2, 0.25) is 0 Å². The average molecular weight is 491 g/mol. The molecule has 1 amide bonds. The quantitative estimate of drug-likeness (QED) is 0.139. The van der Waals surface area contributed by atoms with E-state index < -0.39 is 0 Å². The van der Waals surface area contributed by atoms with Crippen molar-refractivity contribution in [2.24, 2.45) is 5.10 Å². The molecular weight excluding hydrogens is 468 g/mol. The van der Waals surface area contributed by atoms with Crippen LogP contribution in [-0.2, 0) is 17.9 Å². The monoisotopic (exact) mass is 490 g/mol. The van der Waals surface area contributed by atoms with Crippen molar-refractivity contribution in [1.82, 2.24) is 20.2 Å². The smallest absolute Gasteiger partial charge is 0.250 e. The molecule has 1 aromatic heterocycles. The zero-order chi connectivity index (χ0) is 23.8. The first-order valence-electron chi connectivity index (χ1n) is 10.6. The lowest BCUT2D eigenvalue weighted by atomic mass is 10.1. The van der Waals surface area contributed by atoms with Crippen molar-refractivity contribution in [2.75, 3.05) is 11.1 Å². The summed E-state index contributed by atoms with van der Waals surface area (Å²) in [4.78, 5) is 12.2. The van der Waals surface area contributed by atoms with Crippen LogP contribution in [0, 0.1) is 0 Å². The average Bonchev–Trinajstić information content (AvgIpc) is 3.24. The number of anilines is 1. The topological polar surface area (TPSA) is 84.2 Å². The molecule has 0 atom stereocenters. The highest BCUT2D eigenvalue weighted by atomic mass is 35.5. The fraction of sp³-hybridized carbons (Fsp3) is 0.120. The maximum atomic E-state index is 12.2. The number of thioether (sulfide) groups is 1. The molecule has 0 spiro atoms. The van der Waals surface area contributed by atoms with Gasteiger partial charge in [0, 0.05) is 28.2 Å². The van der Waals surface area contributed by atoms with E-state index in [-0.39, 0.29) is 11.7 Å². The zero-order valence-electron chi connectivity index (χ0n) is 18.3. The fourth-order valence-electron chi connectivity index (χ4n) is 3.34. The van der Waals surface area contributed by atoms with E-state index >= 15 is 0 Å². The highest BCUT2D eigenvalue weighted by Gasteiger charge is 2.14. The molecule has 0 saturated heterocycles. The Labute approximate surface area is 206 Å². The van der Waals surface area contributed by atoms with Crippen molar-refractivity contribution in [3.8, 4) is 0 Å². The summed E-state index contributed by atoms with van der Waals surface area (Å²) in [6, 6.07) is 21.6. The Bertz CT molecular complexity index is 1330. The number of nitrogens with zero attached hydrogens (tertiary/aromatic N) is 4. The number of allylic oxidation sites excluding steroid dienone is 1. The Morgan fingerprint density at radius 3 is 2.74 bits per heavy atom. The number of carbonyl (C=O) groups excluding carboxylic acids is 1. The lowest BCUT2D eigenvalue weighted by molar-refractivity contribution is -0.118. The van der Waals surface area contributed by atoms with Crippen molar-refractivity contribution >= 4 is 51.9 Å². The maximum Gasteiger partial charge on any atom is 0.250 e. The SMILES string of the molecule is C=CCn1c(CNc2cccc3ccccc23)nnc1SCC(=O)N/N=C\c1ccccc1Cl. The van der Waals surface area contributed by atoms with Crippen LogP contribution in [0.5, 0.6) is 0 Å². The van der Waals surface area contributed by atoms with Gasteiger partial charge >= 0.3 is 0 Å². The van der Waals surface area contributed by atoms with Gasteiger partial charge in [-0.15, -0.1) is 16.8 Å². The molecule has 0 aliphatic heterocycles. The second-order valence-electron chi connectivity index (χ2n) is 7.28. The highest BCUT2D eigenvalue weighted by Crippen LogP contribution is 2.24. The normalized spacial score (nSPS) is 11.1. The molecule has 4 aromatic rings. The van der Waals surface area contributed by atoms with E-state index in [2.05, 4.69) is 50.8 Å². The number of fused-ring (bicyclic) bond motifs is 1. The number of halogens is 1. The summed E-state index contributed by atoms with van der Waals surface area (Å²) >= 11 is 7.38. The van der Waals surface area contributed by atoms with Gasteiger partial charge in [-0.05, 0) is 17.5 Å². The molecule has 0 radical (unpaired) electrons. The number of rotatable bonds is 10. The molecule has 34 heavy (non-hydrogen) atoms. The summed E-state index contributed by atoms with van der Waals surface area (Å²) < 4.78 is 1.94. The molecule has 9 heteroatoms. The largest absolute Gasteiger partial charge is 0.377 e. The van der Waals surface area contributed by atoms with Gasteiger partial charge in [-0.25, -0.2) is 5.43 Å². The summed E-state index contributed by atoms with van der Waals surface area (Å²) in [6.07, 6.45) is 3.30. The number of hydrogen-bond acceptors (Lipinski definition) is 6. The molecule has 7 nitrogen and oxygen atoms in total. The third-order valence-corrected chi connectivity index (χ3v) is 6.27. The third kappa shape index (κ3) is 5.84. The van der Waals surface area contributed by atoms with Crippen molar-refractivity contribution in [3.63, 3.8) is 0 Å². The molecule has 0 aliphatic rings. The summed E-state index contributed by atoms with van der Waals surface area (Å²) in [7, 11) is 0. The molecule has 172 valence electrons. The number of benzene rings is 3. The van der Waals surface area contributed by atoms with Gasteiger partial charge in [-0.2, -0.15) is 5.10 Å². The van der Waals surface area contributed by atoms with Crippen molar-refractivity contribution in [1.29, 1.82) is 0 Å². The minimum absolute atomic E-state index is 0.145. The van der Waals surface area contributed by atoms with Crippen LogP contribution in [0.1, 0.15) is 11.4 Å². The van der Waals surface area contributed by atoms with E-state index in [9.17, 15) is 4.79 Å². The van der Waals surface area contributed by atoms with Crippen LogP contribution in [0.2, 0.25) is 5.02 Å². The molecule has 0 bridgehead atoms. The van der Waals surface area contributed by atoms with Crippen LogP contribution in [-0.4, -0.2) is 32.6 Å². The van der Waals surface area contributed by atoms with Gasteiger partial charge in [0.15, 0.2) is 11.0 Å². The van der Waals surface area contributed by atoms with Crippen LogP contribution >= 0.6 is 23.4 Å². The van der Waals surface area contributed by atoms with Gasteiger partial charge in [0.05, 0.1) is 18.5 Å². The Kier molecular flexibility index (Phi) is 7.95. The van der Waals surface area contributed by atoms with Crippen LogP contribution in [0.15, 0.2) is 89.6 Å². The van der Waals surface area contributed by atoms with Gasteiger partial charge in [-0.3, -0.25) is 4.79 Å². The van der Waals surface area contributed by atoms with Gasteiger partial charge in [-0.1, -0.05) is 84.0 Å². The van der Waals surface area contributed by atoms with E-state index in [1.807, 2.05) is 47.0 Å². The molecule has 3 aromatic carbocycles. The molecule has 1 heterocycles. The van der Waals surface area contributed by atoms with E-state index in [0.29, 0.717) is 23.3 Å². The molecule has 4 rings (SSSR count). The first-order valence-corrected chi connectivity index (χ1v) is 12.0. The number of amides is 1. The second-order valence-corrected chi connectivity index (χ2v) is 8.63. The Balaban J connectivity index is 1.37. The minimum atomic E-state index is -0.253. The summed E-state index contributed by atoms with van der Waals surface area (Å²) in [5.74, 6) is 0.649. The van der Waals surface area contributed by atoms with Gasteiger partial charge in [0.1, 0.15) is 0 Å². The van der Waals surface area contributed by atoms with Crippen molar-refractivity contribution < 1.29 is 4.79 Å². The van der Waals surface area contributed by atoms with Gasteiger partial charge < -0.3 is 9.88 Å². The summed E-state index contributed by atoms with van der Waals surface area (Å²) in [5.41, 5.74) is 4.26. The summed E-state index contributed by atoms with van der Waals surface area (Å²) in [6.45, 7) is 4.86. The number of nitrogens with one attached hydrogen (secondary N) is 2. The third-order valence-electron chi connectivity index (χ3n) is 4.96. The number of carbonyl (C=O) groups is 1. The minimum Gasteiger partial charge on any atom is -0.377 e. The standard InChI is InChI=1S/C25H23ClN6OS/c1-2-14-32-23(16-27-22-13-7-10-18-8-3-5-11-20(18)22)29-31-25(32)34-17-24(33)30-28-15-19-9-4-6-12-21(19)26/h2-13,15,27H,1,14,16-17H2,(H,30,33)/b28-15-. The lowest BCUT2D eigenvalue weighted by Gasteiger charge is -2.11. The van der Waals surface area contributed by atoms with Crippen LogP contribution in [0.4, 0.5) is 5.69 Å². The molecule has 0 unspecified atom stereocenters. The van der Waals surface area contributed by atoms with Crippen LogP contribution in [0.3, 0.4) is 0 Å². The Hall–Kier alpha value is -3.62. The van der Waals surface area contributed by atoms with Crippen molar-refractivity contribution in [3.05, 3.63) is 95.8 Å².